The standard InChI is InChI=1S/C20H24NO/c1-14(2)17-9-7-10-18(15(3)4)20(17)21-12-16-8-5-6-11-19(16)22-13-21/h5-12,14-15H,13H2,1-4H3/q+1. The molecular weight excluding hydrogens is 270 g/mol. The van der Waals surface area contributed by atoms with Crippen LogP contribution in [0.5, 0.6) is 5.75 Å². The monoisotopic (exact) mass is 294 g/mol. The third kappa shape index (κ3) is 2.66. The zero-order valence-corrected chi connectivity index (χ0v) is 13.8. The number of nitrogens with zero attached hydrogens (tertiary/aromatic N) is 1. The molecule has 0 saturated carbocycles. The van der Waals surface area contributed by atoms with E-state index in [1.807, 2.05) is 12.1 Å². The summed E-state index contributed by atoms with van der Waals surface area (Å²) >= 11 is 0. The lowest BCUT2D eigenvalue weighted by atomic mass is 9.92. The highest BCUT2D eigenvalue weighted by Crippen LogP contribution is 2.35. The van der Waals surface area contributed by atoms with Crippen LogP contribution in [0.25, 0.3) is 0 Å². The summed E-state index contributed by atoms with van der Waals surface area (Å²) in [5.74, 6) is 1.94. The molecule has 0 N–H and O–H groups in total. The Morgan fingerprint density at radius 2 is 1.50 bits per heavy atom. The van der Waals surface area contributed by atoms with Crippen LogP contribution in [0.3, 0.4) is 0 Å². The molecule has 2 nitrogen and oxygen atoms in total. The molecule has 0 fully saturated rings. The lowest BCUT2D eigenvalue weighted by Gasteiger charge is -2.19. The summed E-state index contributed by atoms with van der Waals surface area (Å²) in [5.41, 5.74) is 5.21. The predicted molar refractivity (Wildman–Crippen MR) is 91.6 cm³/mol. The highest BCUT2D eigenvalue weighted by molar-refractivity contribution is 5.81. The van der Waals surface area contributed by atoms with Crippen molar-refractivity contribution in [2.24, 2.45) is 0 Å². The van der Waals surface area contributed by atoms with Crippen molar-refractivity contribution < 1.29 is 9.31 Å². The van der Waals surface area contributed by atoms with E-state index < -0.39 is 0 Å². The van der Waals surface area contributed by atoms with Gasteiger partial charge in [-0.1, -0.05) is 58.0 Å². The molecule has 0 atom stereocenters. The molecule has 0 amide bonds. The van der Waals surface area contributed by atoms with E-state index in [1.165, 1.54) is 16.8 Å². The van der Waals surface area contributed by atoms with Crippen LogP contribution in [0, 0.1) is 0 Å². The van der Waals surface area contributed by atoms with Crippen molar-refractivity contribution >= 4 is 11.9 Å². The minimum atomic E-state index is 0.485. The van der Waals surface area contributed by atoms with Gasteiger partial charge in [-0.15, -0.1) is 0 Å². The van der Waals surface area contributed by atoms with E-state index in [1.54, 1.807) is 0 Å². The fraction of sp³-hybridized carbons (Fsp3) is 0.350. The summed E-state index contributed by atoms with van der Waals surface area (Å²) in [6.45, 7) is 9.58. The van der Waals surface area contributed by atoms with Crippen LogP contribution in [0.15, 0.2) is 42.5 Å². The lowest BCUT2D eigenvalue weighted by molar-refractivity contribution is -0.477. The van der Waals surface area contributed by atoms with Crippen LogP contribution in [0.1, 0.15) is 56.2 Å². The van der Waals surface area contributed by atoms with Crippen LogP contribution in [-0.4, -0.2) is 17.5 Å². The van der Waals surface area contributed by atoms with E-state index >= 15 is 0 Å². The number of para-hydroxylation sites is 2. The van der Waals surface area contributed by atoms with Gasteiger partial charge in [0.2, 0.25) is 5.69 Å². The first-order valence-corrected chi connectivity index (χ1v) is 8.04. The molecule has 1 aliphatic heterocycles. The van der Waals surface area contributed by atoms with Gasteiger partial charge in [0.05, 0.1) is 5.56 Å². The van der Waals surface area contributed by atoms with E-state index in [2.05, 4.69) is 68.8 Å². The van der Waals surface area contributed by atoms with Gasteiger partial charge in [0.25, 0.3) is 6.73 Å². The molecule has 2 heteroatoms. The molecule has 0 aliphatic carbocycles. The van der Waals surface area contributed by atoms with Gasteiger partial charge < -0.3 is 4.74 Å². The molecule has 0 radical (unpaired) electrons. The number of hydrogen-bond acceptors (Lipinski definition) is 1. The average molecular weight is 294 g/mol. The summed E-state index contributed by atoms with van der Waals surface area (Å²) in [4.78, 5) is 0. The number of fused-ring (bicyclic) bond motifs is 1. The van der Waals surface area contributed by atoms with Crippen LogP contribution < -0.4 is 4.74 Å². The molecule has 2 aromatic rings. The second kappa shape index (κ2) is 5.96. The van der Waals surface area contributed by atoms with Crippen molar-refractivity contribution in [2.75, 3.05) is 6.73 Å². The van der Waals surface area contributed by atoms with E-state index in [0.29, 0.717) is 18.6 Å². The Morgan fingerprint density at radius 1 is 0.864 bits per heavy atom. The maximum atomic E-state index is 5.95. The molecular formula is C20H24NO+. The highest BCUT2D eigenvalue weighted by atomic mass is 16.5. The second-order valence-electron chi connectivity index (χ2n) is 6.50. The van der Waals surface area contributed by atoms with E-state index in [-0.39, 0.29) is 0 Å². The normalized spacial score (nSPS) is 13.8. The number of rotatable bonds is 3. The molecule has 0 spiro atoms. The lowest BCUT2D eigenvalue weighted by Crippen LogP contribution is -2.22. The van der Waals surface area contributed by atoms with Gasteiger partial charge in [0.15, 0.2) is 6.21 Å². The molecule has 0 bridgehead atoms. The van der Waals surface area contributed by atoms with Gasteiger partial charge in [0.1, 0.15) is 5.75 Å². The highest BCUT2D eigenvalue weighted by Gasteiger charge is 2.26. The quantitative estimate of drug-likeness (QED) is 0.722. The van der Waals surface area contributed by atoms with E-state index in [4.69, 9.17) is 4.74 Å². The van der Waals surface area contributed by atoms with Gasteiger partial charge in [-0.2, -0.15) is 4.58 Å². The van der Waals surface area contributed by atoms with Gasteiger partial charge in [-0.3, -0.25) is 0 Å². The molecule has 114 valence electrons. The zero-order chi connectivity index (χ0) is 15.7. The largest absolute Gasteiger partial charge is 0.435 e. The number of ether oxygens (including phenoxy) is 1. The first kappa shape index (κ1) is 14.8. The van der Waals surface area contributed by atoms with Crippen molar-refractivity contribution in [3.05, 3.63) is 59.2 Å². The Hall–Kier alpha value is -2.09. The van der Waals surface area contributed by atoms with Gasteiger partial charge >= 0.3 is 0 Å². The minimum absolute atomic E-state index is 0.485. The van der Waals surface area contributed by atoms with Gasteiger partial charge in [0, 0.05) is 11.1 Å². The summed E-state index contributed by atoms with van der Waals surface area (Å²) in [6.07, 6.45) is 2.21. The Morgan fingerprint density at radius 3 is 2.14 bits per heavy atom. The summed E-state index contributed by atoms with van der Waals surface area (Å²) in [7, 11) is 0. The molecule has 3 rings (SSSR count). The fourth-order valence-electron chi connectivity index (χ4n) is 3.04. The van der Waals surface area contributed by atoms with Crippen LogP contribution in [-0.2, 0) is 0 Å². The van der Waals surface area contributed by atoms with Crippen molar-refractivity contribution in [2.45, 2.75) is 39.5 Å². The third-order valence-electron chi connectivity index (χ3n) is 4.20. The summed E-state index contributed by atoms with van der Waals surface area (Å²) in [5, 5.41) is 0. The first-order valence-electron chi connectivity index (χ1n) is 8.04. The van der Waals surface area contributed by atoms with Crippen molar-refractivity contribution in [3.8, 4) is 5.75 Å². The summed E-state index contributed by atoms with van der Waals surface area (Å²) in [6, 6.07) is 14.9. The molecule has 0 unspecified atom stereocenters. The Bertz CT molecular complexity index is 687. The van der Waals surface area contributed by atoms with Crippen LogP contribution >= 0.6 is 0 Å². The molecule has 0 aromatic heterocycles. The Balaban J connectivity index is 2.18. The van der Waals surface area contributed by atoms with Crippen molar-refractivity contribution in [1.29, 1.82) is 0 Å². The smallest absolute Gasteiger partial charge is 0.292 e. The van der Waals surface area contributed by atoms with Gasteiger partial charge in [-0.05, 0) is 24.0 Å². The van der Waals surface area contributed by atoms with E-state index in [0.717, 1.165) is 11.3 Å². The maximum absolute atomic E-state index is 5.95. The van der Waals surface area contributed by atoms with E-state index in [9.17, 15) is 0 Å². The Labute approximate surface area is 133 Å². The van der Waals surface area contributed by atoms with Gasteiger partial charge in [-0.25, -0.2) is 0 Å². The van der Waals surface area contributed by atoms with Crippen LogP contribution in [0.4, 0.5) is 5.69 Å². The second-order valence-corrected chi connectivity index (χ2v) is 6.50. The minimum Gasteiger partial charge on any atom is -0.435 e. The average Bonchev–Trinajstić information content (AvgIpc) is 2.53. The molecule has 0 saturated heterocycles. The van der Waals surface area contributed by atoms with Crippen LogP contribution in [0.2, 0.25) is 0 Å². The molecule has 1 heterocycles. The topological polar surface area (TPSA) is 12.2 Å². The van der Waals surface area contributed by atoms with Crippen molar-refractivity contribution in [3.63, 3.8) is 0 Å². The number of benzene rings is 2. The fourth-order valence-corrected chi connectivity index (χ4v) is 3.04. The molecule has 2 aromatic carbocycles. The summed E-state index contributed by atoms with van der Waals surface area (Å²) < 4.78 is 8.21. The molecule has 22 heavy (non-hydrogen) atoms. The third-order valence-corrected chi connectivity index (χ3v) is 4.20. The maximum Gasteiger partial charge on any atom is 0.292 e. The zero-order valence-electron chi connectivity index (χ0n) is 13.8. The number of hydrogen-bond donors (Lipinski definition) is 0. The Kier molecular flexibility index (Phi) is 4.02. The first-order chi connectivity index (χ1) is 10.6. The van der Waals surface area contributed by atoms with Crippen molar-refractivity contribution in [1.82, 2.24) is 0 Å². The SMILES string of the molecule is CC(C)c1cccc(C(C)C)c1[N+]1=Cc2ccccc2OC1. The predicted octanol–water partition coefficient (Wildman–Crippen LogP) is 5.05. The molecule has 1 aliphatic rings.